The first-order valence-corrected chi connectivity index (χ1v) is 9.38. The fraction of sp³-hybridized carbons (Fsp3) is 0.286. The lowest BCUT2D eigenvalue weighted by atomic mass is 10.0. The molecule has 0 aliphatic carbocycles. The van der Waals surface area contributed by atoms with Crippen LogP contribution in [0.15, 0.2) is 42.5 Å². The van der Waals surface area contributed by atoms with Crippen LogP contribution in [0.3, 0.4) is 0 Å². The van der Waals surface area contributed by atoms with Gasteiger partial charge in [-0.05, 0) is 48.2 Å². The van der Waals surface area contributed by atoms with E-state index in [9.17, 15) is 14.4 Å². The molecule has 2 aromatic rings. The number of nitrogens with one attached hydrogen (secondary N) is 2. The van der Waals surface area contributed by atoms with Gasteiger partial charge in [-0.25, -0.2) is 4.79 Å². The van der Waals surface area contributed by atoms with Crippen molar-refractivity contribution in [3.63, 3.8) is 0 Å². The van der Waals surface area contributed by atoms with Crippen LogP contribution < -0.4 is 15.6 Å². The van der Waals surface area contributed by atoms with Gasteiger partial charge in [-0.1, -0.05) is 43.6 Å². The molecule has 0 heterocycles. The Labute approximate surface area is 174 Å². The van der Waals surface area contributed by atoms with E-state index in [2.05, 4.69) is 10.9 Å². The number of hydrazine groups is 1. The van der Waals surface area contributed by atoms with E-state index in [4.69, 9.17) is 21.1 Å². The van der Waals surface area contributed by atoms with Crippen molar-refractivity contribution in [2.45, 2.75) is 26.7 Å². The Balaban J connectivity index is 1.78. The van der Waals surface area contributed by atoms with E-state index in [0.717, 1.165) is 11.1 Å². The maximum atomic E-state index is 11.9. The first-order chi connectivity index (χ1) is 13.8. The smallest absolute Gasteiger partial charge is 0.344 e. The standard InChI is InChI=1S/C21H23ClN2O5/c1-13(2)16-10-17(22)14(3)9-18(16)28-12-20(26)29-11-19(25)23-24-21(27)15-7-5-4-6-8-15/h4-10,13H,11-12H2,1-3H3,(H,23,25)(H,24,27). The van der Waals surface area contributed by atoms with Gasteiger partial charge >= 0.3 is 5.97 Å². The normalized spacial score (nSPS) is 10.4. The van der Waals surface area contributed by atoms with E-state index in [1.165, 1.54) is 0 Å². The zero-order valence-corrected chi connectivity index (χ0v) is 17.2. The van der Waals surface area contributed by atoms with Gasteiger partial charge in [-0.2, -0.15) is 0 Å². The van der Waals surface area contributed by atoms with E-state index in [1.54, 1.807) is 36.4 Å². The van der Waals surface area contributed by atoms with Gasteiger partial charge in [0.25, 0.3) is 11.8 Å². The average Bonchev–Trinajstić information content (AvgIpc) is 2.71. The molecule has 0 aliphatic heterocycles. The number of hydrogen-bond donors (Lipinski definition) is 2. The van der Waals surface area contributed by atoms with Gasteiger partial charge in [-0.3, -0.25) is 20.4 Å². The van der Waals surface area contributed by atoms with Crippen LogP contribution in [0.4, 0.5) is 0 Å². The number of aryl methyl sites for hydroxylation is 1. The summed E-state index contributed by atoms with van der Waals surface area (Å²) in [6.07, 6.45) is 0. The van der Waals surface area contributed by atoms with E-state index in [-0.39, 0.29) is 12.5 Å². The van der Waals surface area contributed by atoms with Crippen molar-refractivity contribution in [3.8, 4) is 5.75 Å². The molecule has 2 amide bonds. The molecule has 0 saturated carbocycles. The monoisotopic (exact) mass is 418 g/mol. The molecular weight excluding hydrogens is 396 g/mol. The van der Waals surface area contributed by atoms with Crippen LogP contribution >= 0.6 is 11.6 Å². The number of amides is 2. The summed E-state index contributed by atoms with van der Waals surface area (Å²) in [6, 6.07) is 11.9. The first kappa shape index (κ1) is 22.2. The molecule has 2 rings (SSSR count). The fourth-order valence-corrected chi connectivity index (χ4v) is 2.57. The molecule has 7 nitrogen and oxygen atoms in total. The van der Waals surface area contributed by atoms with Crippen LogP contribution in [0.5, 0.6) is 5.75 Å². The fourth-order valence-electron chi connectivity index (χ4n) is 2.40. The number of benzene rings is 2. The van der Waals surface area contributed by atoms with Crippen LogP contribution in [0.25, 0.3) is 0 Å². The lowest BCUT2D eigenvalue weighted by Gasteiger charge is -2.15. The van der Waals surface area contributed by atoms with Gasteiger partial charge in [0.2, 0.25) is 0 Å². The van der Waals surface area contributed by atoms with Crippen molar-refractivity contribution >= 4 is 29.4 Å². The van der Waals surface area contributed by atoms with Crippen molar-refractivity contribution in [2.24, 2.45) is 0 Å². The molecule has 0 unspecified atom stereocenters. The first-order valence-electron chi connectivity index (χ1n) is 9.00. The zero-order chi connectivity index (χ0) is 21.4. The quantitative estimate of drug-likeness (QED) is 0.532. The van der Waals surface area contributed by atoms with E-state index in [0.29, 0.717) is 16.3 Å². The Morgan fingerprint density at radius 1 is 1.03 bits per heavy atom. The lowest BCUT2D eigenvalue weighted by Crippen LogP contribution is -2.43. The second-order valence-corrected chi connectivity index (χ2v) is 7.02. The van der Waals surface area contributed by atoms with Crippen LogP contribution in [-0.2, 0) is 14.3 Å². The van der Waals surface area contributed by atoms with Gasteiger partial charge in [0, 0.05) is 10.6 Å². The molecule has 0 radical (unpaired) electrons. The molecule has 0 atom stereocenters. The molecule has 0 saturated heterocycles. The number of esters is 1. The Bertz CT molecular complexity index is 884. The summed E-state index contributed by atoms with van der Waals surface area (Å²) >= 11 is 6.15. The summed E-state index contributed by atoms with van der Waals surface area (Å²) < 4.78 is 10.4. The molecule has 2 aromatic carbocycles. The number of ether oxygens (including phenoxy) is 2. The van der Waals surface area contributed by atoms with Crippen molar-refractivity contribution in [3.05, 3.63) is 64.2 Å². The van der Waals surface area contributed by atoms with E-state index >= 15 is 0 Å². The maximum Gasteiger partial charge on any atom is 0.344 e. The van der Waals surface area contributed by atoms with Crippen molar-refractivity contribution in [2.75, 3.05) is 13.2 Å². The predicted molar refractivity (Wildman–Crippen MR) is 109 cm³/mol. The lowest BCUT2D eigenvalue weighted by molar-refractivity contribution is -0.150. The van der Waals surface area contributed by atoms with E-state index < -0.39 is 24.4 Å². The molecule has 154 valence electrons. The molecule has 29 heavy (non-hydrogen) atoms. The summed E-state index contributed by atoms with van der Waals surface area (Å²) in [4.78, 5) is 35.4. The van der Waals surface area contributed by atoms with Crippen LogP contribution in [0.1, 0.15) is 41.3 Å². The van der Waals surface area contributed by atoms with Gasteiger partial charge in [-0.15, -0.1) is 0 Å². The topological polar surface area (TPSA) is 93.7 Å². The van der Waals surface area contributed by atoms with E-state index in [1.807, 2.05) is 26.8 Å². The number of halogens is 1. The average molecular weight is 419 g/mol. The third-order valence-electron chi connectivity index (χ3n) is 3.97. The highest BCUT2D eigenvalue weighted by atomic mass is 35.5. The largest absolute Gasteiger partial charge is 0.482 e. The minimum Gasteiger partial charge on any atom is -0.482 e. The molecule has 0 aliphatic rings. The second kappa shape index (κ2) is 10.5. The Morgan fingerprint density at radius 3 is 2.38 bits per heavy atom. The minimum atomic E-state index is -0.711. The Kier molecular flexibility index (Phi) is 8.03. The molecule has 0 spiro atoms. The van der Waals surface area contributed by atoms with Crippen molar-refractivity contribution in [1.82, 2.24) is 10.9 Å². The van der Waals surface area contributed by atoms with Crippen LogP contribution in [0.2, 0.25) is 5.02 Å². The molecule has 0 fully saturated rings. The molecule has 2 N–H and O–H groups in total. The minimum absolute atomic E-state index is 0.151. The predicted octanol–water partition coefficient (Wildman–Crippen LogP) is 3.16. The summed E-state index contributed by atoms with van der Waals surface area (Å²) in [6.45, 7) is 4.91. The summed E-state index contributed by atoms with van der Waals surface area (Å²) in [5.74, 6) is -1.17. The SMILES string of the molecule is Cc1cc(OCC(=O)OCC(=O)NNC(=O)c2ccccc2)c(C(C)C)cc1Cl. The Morgan fingerprint density at radius 2 is 1.72 bits per heavy atom. The molecule has 0 aromatic heterocycles. The van der Waals surface area contributed by atoms with Gasteiger partial charge in [0.1, 0.15) is 5.75 Å². The Hall–Kier alpha value is -3.06. The van der Waals surface area contributed by atoms with Crippen molar-refractivity contribution in [1.29, 1.82) is 0 Å². The highest BCUT2D eigenvalue weighted by molar-refractivity contribution is 6.31. The summed E-state index contributed by atoms with van der Waals surface area (Å²) in [7, 11) is 0. The second-order valence-electron chi connectivity index (χ2n) is 6.61. The molecule has 8 heteroatoms. The van der Waals surface area contributed by atoms with Crippen LogP contribution in [-0.4, -0.2) is 31.0 Å². The molecule has 0 bridgehead atoms. The van der Waals surface area contributed by atoms with Crippen molar-refractivity contribution < 1.29 is 23.9 Å². The highest BCUT2D eigenvalue weighted by Crippen LogP contribution is 2.31. The van der Waals surface area contributed by atoms with Gasteiger partial charge in [0.15, 0.2) is 13.2 Å². The maximum absolute atomic E-state index is 11.9. The number of carbonyl (C=O) groups excluding carboxylic acids is 3. The number of carbonyl (C=O) groups is 3. The van der Waals surface area contributed by atoms with Gasteiger partial charge in [0.05, 0.1) is 0 Å². The highest BCUT2D eigenvalue weighted by Gasteiger charge is 2.14. The zero-order valence-electron chi connectivity index (χ0n) is 16.5. The summed E-state index contributed by atoms with van der Waals surface area (Å²) in [5.41, 5.74) is 6.50. The third kappa shape index (κ3) is 6.80. The van der Waals surface area contributed by atoms with Crippen LogP contribution in [0, 0.1) is 6.92 Å². The van der Waals surface area contributed by atoms with Gasteiger partial charge < -0.3 is 9.47 Å². The number of hydrogen-bond acceptors (Lipinski definition) is 5. The number of rotatable bonds is 7. The summed E-state index contributed by atoms with van der Waals surface area (Å²) in [5, 5.41) is 0.623. The molecular formula is C21H23ClN2O5. The third-order valence-corrected chi connectivity index (χ3v) is 4.38.